The molecule has 0 aromatic carbocycles. The van der Waals surface area contributed by atoms with Crippen LogP contribution in [-0.2, 0) is 24.2 Å². The molecule has 0 atom stereocenters. The Labute approximate surface area is 102 Å². The van der Waals surface area contributed by atoms with Crippen molar-refractivity contribution in [2.75, 3.05) is 0 Å². The number of hydrogen-bond donors (Lipinski definition) is 0. The molecule has 72 valence electrons. The Morgan fingerprint density at radius 1 is 1.36 bits per heavy atom. The van der Waals surface area contributed by atoms with E-state index in [2.05, 4.69) is 42.4 Å². The molecule has 2 aliphatic carbocycles. The Balaban J connectivity index is 0.000000213. The molecule has 1 heteroatoms. The Hall–Kier alpha value is -0.287. The van der Waals surface area contributed by atoms with E-state index in [4.69, 9.17) is 0 Å². The predicted molar refractivity (Wildman–Crippen MR) is 59.5 cm³/mol. The van der Waals surface area contributed by atoms with E-state index in [-0.39, 0.29) is 0 Å². The molecule has 0 N–H and O–H groups in total. The molecule has 0 saturated heterocycles. The van der Waals surface area contributed by atoms with Gasteiger partial charge in [-0.1, -0.05) is 13.8 Å². The average Bonchev–Trinajstić information content (AvgIpc) is 2.84. The summed E-state index contributed by atoms with van der Waals surface area (Å²) >= 11 is 1.30. The van der Waals surface area contributed by atoms with E-state index >= 15 is 0 Å². The van der Waals surface area contributed by atoms with Crippen molar-refractivity contribution in [3.63, 3.8) is 0 Å². The van der Waals surface area contributed by atoms with Crippen molar-refractivity contribution in [1.82, 2.24) is 0 Å². The summed E-state index contributed by atoms with van der Waals surface area (Å²) in [4.78, 5) is 0. The summed E-state index contributed by atoms with van der Waals surface area (Å²) in [5.41, 5.74) is 2.72. The third kappa shape index (κ3) is 7.15. The van der Waals surface area contributed by atoms with Gasteiger partial charge in [-0.15, -0.1) is 12.8 Å². The van der Waals surface area contributed by atoms with Gasteiger partial charge in [0.25, 0.3) is 0 Å². The summed E-state index contributed by atoms with van der Waals surface area (Å²) in [6, 6.07) is 0. The Kier molecular flexibility index (Phi) is 9.09. The van der Waals surface area contributed by atoms with Gasteiger partial charge in [0.2, 0.25) is 0 Å². The molecule has 0 heterocycles. The molecular weight excluding hydrogens is 247 g/mol. The normalized spacial score (nSPS) is 16.3. The van der Waals surface area contributed by atoms with Gasteiger partial charge >= 0.3 is 28.4 Å². The Morgan fingerprint density at radius 3 is 2.21 bits per heavy atom. The van der Waals surface area contributed by atoms with E-state index in [1.807, 2.05) is 12.2 Å². The van der Waals surface area contributed by atoms with Gasteiger partial charge in [-0.05, 0) is 0 Å². The van der Waals surface area contributed by atoms with Crippen molar-refractivity contribution in [2.45, 2.75) is 26.7 Å². The topological polar surface area (TPSA) is 0 Å². The van der Waals surface area contributed by atoms with Crippen molar-refractivity contribution in [3.8, 4) is 0 Å². The molecule has 0 aromatic rings. The molecule has 0 aliphatic heterocycles. The van der Waals surface area contributed by atoms with Crippen LogP contribution in [0.25, 0.3) is 0 Å². The molecule has 2 aliphatic rings. The molecule has 0 unspecified atom stereocenters. The van der Waals surface area contributed by atoms with Gasteiger partial charge in [-0.2, -0.15) is 11.6 Å². The van der Waals surface area contributed by atoms with Crippen molar-refractivity contribution in [2.24, 2.45) is 0 Å². The van der Waals surface area contributed by atoms with Crippen LogP contribution in [-0.4, -0.2) is 4.21 Å². The van der Waals surface area contributed by atoms with Crippen LogP contribution < -0.4 is 0 Å². The van der Waals surface area contributed by atoms with Crippen LogP contribution in [0.15, 0.2) is 35.5 Å². The molecule has 0 spiro atoms. The summed E-state index contributed by atoms with van der Waals surface area (Å²) in [5, 5.41) is 0. The average molecular weight is 263 g/mol. The van der Waals surface area contributed by atoms with Gasteiger partial charge < -0.3 is 0 Å². The molecule has 2 rings (SSSR count). The van der Waals surface area contributed by atoms with E-state index in [0.717, 1.165) is 12.8 Å². The maximum atomic E-state index is 3.34. The molecule has 0 saturated carbocycles. The third-order valence-electron chi connectivity index (χ3n) is 1.69. The van der Waals surface area contributed by atoms with Crippen LogP contribution in [0, 0.1) is 12.2 Å². The van der Waals surface area contributed by atoms with Crippen molar-refractivity contribution in [3.05, 3.63) is 47.6 Å². The SMILES string of the molecule is CC1=[C-]CC(C)=C1.[C-]1=CC=CC1.[CH2]=[Zr+2]. The molecule has 0 aromatic heterocycles. The van der Waals surface area contributed by atoms with Gasteiger partial charge in [-0.3, -0.25) is 12.2 Å². The van der Waals surface area contributed by atoms with Crippen LogP contribution >= 0.6 is 0 Å². The van der Waals surface area contributed by atoms with E-state index in [1.54, 1.807) is 0 Å². The zero-order valence-electron chi connectivity index (χ0n) is 8.93. The van der Waals surface area contributed by atoms with Crippen molar-refractivity contribution < 1.29 is 24.2 Å². The maximum absolute atomic E-state index is 3.34. The van der Waals surface area contributed by atoms with Gasteiger partial charge in [0.1, 0.15) is 0 Å². The van der Waals surface area contributed by atoms with E-state index in [9.17, 15) is 0 Å². The summed E-state index contributed by atoms with van der Waals surface area (Å²) in [5.74, 6) is 0. The molecule has 0 nitrogen and oxygen atoms in total. The number of allylic oxidation sites excluding steroid dienone is 8. The summed E-state index contributed by atoms with van der Waals surface area (Å²) in [6.07, 6.45) is 16.4. The van der Waals surface area contributed by atoms with Crippen molar-refractivity contribution in [1.29, 1.82) is 0 Å². The predicted octanol–water partition coefficient (Wildman–Crippen LogP) is 3.36. The van der Waals surface area contributed by atoms with Gasteiger partial charge in [0.05, 0.1) is 0 Å². The van der Waals surface area contributed by atoms with Gasteiger partial charge in [0.15, 0.2) is 0 Å². The van der Waals surface area contributed by atoms with Crippen LogP contribution in [0.5, 0.6) is 0 Å². The molecule has 0 bridgehead atoms. The molecule has 0 amide bonds. The van der Waals surface area contributed by atoms with Crippen LogP contribution in [0.3, 0.4) is 0 Å². The van der Waals surface area contributed by atoms with E-state index in [1.165, 1.54) is 35.4 Å². The first kappa shape index (κ1) is 13.7. The Bertz CT molecular complexity index is 257. The zero-order valence-corrected chi connectivity index (χ0v) is 11.4. The first-order valence-electron chi connectivity index (χ1n) is 4.61. The van der Waals surface area contributed by atoms with Crippen LogP contribution in [0.4, 0.5) is 0 Å². The fraction of sp³-hybridized carbons (Fsp3) is 0.308. The van der Waals surface area contributed by atoms with Crippen LogP contribution in [0.1, 0.15) is 26.7 Å². The third-order valence-corrected chi connectivity index (χ3v) is 1.69. The fourth-order valence-corrected chi connectivity index (χ4v) is 1.09. The minimum atomic E-state index is 1.01. The number of rotatable bonds is 0. The van der Waals surface area contributed by atoms with Crippen LogP contribution in [0.2, 0.25) is 0 Å². The standard InChI is InChI=1S/C7H9.C5H5.CH2.Zr/c1-6-3-4-7(2)5-6;1-2-4-5-3-1;;/h5H,3H2,1-2H3;1-3H,4H2;1H2;/q2*-1;;+2. The van der Waals surface area contributed by atoms with Crippen molar-refractivity contribution >= 4 is 4.21 Å². The summed E-state index contributed by atoms with van der Waals surface area (Å²) in [6.45, 7) is 4.21. The zero-order chi connectivity index (χ0) is 10.8. The van der Waals surface area contributed by atoms with Gasteiger partial charge in [0, 0.05) is 0 Å². The second-order valence-electron chi connectivity index (χ2n) is 3.03. The molecular formula is C13H16Zr. The Morgan fingerprint density at radius 2 is 2.07 bits per heavy atom. The first-order chi connectivity index (χ1) is 6.79. The second kappa shape index (κ2) is 9.28. The summed E-state index contributed by atoms with van der Waals surface area (Å²) in [7, 11) is 0. The molecule has 0 fully saturated rings. The number of hydrogen-bond acceptors (Lipinski definition) is 0. The quantitative estimate of drug-likeness (QED) is 0.588. The molecule has 14 heavy (non-hydrogen) atoms. The molecule has 0 radical (unpaired) electrons. The monoisotopic (exact) mass is 262 g/mol. The fourth-order valence-electron chi connectivity index (χ4n) is 1.09. The first-order valence-corrected chi connectivity index (χ1v) is 6.34. The summed E-state index contributed by atoms with van der Waals surface area (Å²) < 4.78 is 3.34. The second-order valence-corrected chi connectivity index (χ2v) is 3.03. The minimum absolute atomic E-state index is 1.01. The van der Waals surface area contributed by atoms with E-state index in [0.29, 0.717) is 0 Å². The van der Waals surface area contributed by atoms with Gasteiger partial charge in [-0.25, -0.2) is 23.8 Å². The van der Waals surface area contributed by atoms with E-state index < -0.39 is 0 Å².